The van der Waals surface area contributed by atoms with Gasteiger partial charge in [0.1, 0.15) is 5.00 Å². The molecule has 0 radical (unpaired) electrons. The zero-order valence-electron chi connectivity index (χ0n) is 16.1. The Hall–Kier alpha value is -1.45. The Morgan fingerprint density at radius 1 is 1.18 bits per heavy atom. The Bertz CT molecular complexity index is 900. The molecular formula is C19H26N2O5S2. The Balaban J connectivity index is 1.64. The van der Waals surface area contributed by atoms with Gasteiger partial charge in [0.2, 0.25) is 5.91 Å². The minimum atomic E-state index is -3.59. The van der Waals surface area contributed by atoms with Gasteiger partial charge in [-0.3, -0.25) is 13.8 Å². The van der Waals surface area contributed by atoms with Gasteiger partial charge in [-0.1, -0.05) is 6.92 Å². The predicted molar refractivity (Wildman–Crippen MR) is 107 cm³/mol. The summed E-state index contributed by atoms with van der Waals surface area (Å²) in [6, 6.07) is 0. The normalized spacial score (nSPS) is 24.5. The molecule has 9 heteroatoms. The van der Waals surface area contributed by atoms with Gasteiger partial charge >= 0.3 is 0 Å². The lowest BCUT2D eigenvalue weighted by molar-refractivity contribution is -0.117. The minimum Gasteiger partial charge on any atom is -0.352 e. The first-order valence-corrected chi connectivity index (χ1v) is 12.5. The van der Waals surface area contributed by atoms with Crippen LogP contribution in [0.15, 0.2) is 0 Å². The summed E-state index contributed by atoms with van der Waals surface area (Å²) < 4.78 is 28.6. The number of hydrogen-bond acceptors (Lipinski definition) is 6. The number of thiophene rings is 1. The highest BCUT2D eigenvalue weighted by Gasteiger charge is 2.38. The Morgan fingerprint density at radius 2 is 1.89 bits per heavy atom. The van der Waals surface area contributed by atoms with Gasteiger partial charge in [0, 0.05) is 23.3 Å². The molecule has 2 fully saturated rings. The van der Waals surface area contributed by atoms with Gasteiger partial charge < -0.3 is 10.6 Å². The average molecular weight is 427 g/mol. The van der Waals surface area contributed by atoms with Crippen molar-refractivity contribution in [2.24, 2.45) is 11.8 Å². The molecule has 0 bridgehead atoms. The van der Waals surface area contributed by atoms with Crippen molar-refractivity contribution in [3.8, 4) is 0 Å². The summed E-state index contributed by atoms with van der Waals surface area (Å²) in [6.07, 6.45) is 5.80. The van der Waals surface area contributed by atoms with Gasteiger partial charge in [0.05, 0.1) is 17.9 Å². The number of carbonyl (C=O) groups is 2. The molecule has 2 amide bonds. The molecule has 2 unspecified atom stereocenters. The van der Waals surface area contributed by atoms with Crippen LogP contribution < -0.4 is 10.6 Å². The van der Waals surface area contributed by atoms with Crippen molar-refractivity contribution in [1.29, 1.82) is 0 Å². The van der Waals surface area contributed by atoms with Crippen molar-refractivity contribution in [3.63, 3.8) is 0 Å². The van der Waals surface area contributed by atoms with Crippen molar-refractivity contribution in [3.05, 3.63) is 16.0 Å². The van der Waals surface area contributed by atoms with Crippen molar-refractivity contribution in [1.82, 2.24) is 5.32 Å². The second kappa shape index (κ2) is 7.42. The first-order valence-electron chi connectivity index (χ1n) is 9.86. The lowest BCUT2D eigenvalue weighted by Gasteiger charge is -2.29. The van der Waals surface area contributed by atoms with E-state index in [2.05, 4.69) is 10.6 Å². The summed E-state index contributed by atoms with van der Waals surface area (Å²) in [6.45, 7) is 2.53. The number of nitrogens with one attached hydrogen (secondary N) is 2. The summed E-state index contributed by atoms with van der Waals surface area (Å²) in [7, 11) is -3.59. The Morgan fingerprint density at radius 3 is 2.50 bits per heavy atom. The molecule has 3 aliphatic carbocycles. The largest absolute Gasteiger partial charge is 0.352 e. The van der Waals surface area contributed by atoms with E-state index in [1.807, 2.05) is 6.92 Å². The number of fused-ring (bicyclic) bond motifs is 1. The summed E-state index contributed by atoms with van der Waals surface area (Å²) in [5.41, 5.74) is 1.31. The van der Waals surface area contributed by atoms with Gasteiger partial charge in [-0.05, 0) is 50.0 Å². The van der Waals surface area contributed by atoms with E-state index in [4.69, 9.17) is 4.18 Å². The highest BCUT2D eigenvalue weighted by molar-refractivity contribution is 7.86. The number of hydrogen-bond donors (Lipinski definition) is 2. The third-order valence-electron chi connectivity index (χ3n) is 5.65. The van der Waals surface area contributed by atoms with E-state index in [1.165, 1.54) is 11.3 Å². The van der Waals surface area contributed by atoms with Crippen LogP contribution in [0.5, 0.6) is 0 Å². The zero-order valence-corrected chi connectivity index (χ0v) is 17.7. The second-order valence-electron chi connectivity index (χ2n) is 8.23. The van der Waals surface area contributed by atoms with Crippen molar-refractivity contribution in [2.75, 3.05) is 18.1 Å². The number of rotatable bonds is 7. The van der Waals surface area contributed by atoms with Crippen LogP contribution in [-0.4, -0.2) is 39.1 Å². The van der Waals surface area contributed by atoms with Crippen LogP contribution in [0, 0.1) is 11.8 Å². The van der Waals surface area contributed by atoms with Crippen LogP contribution in [0.3, 0.4) is 0 Å². The SMILES string of the molecule is CC1c2c(sc(NC(=O)C3CC3)c2C(=O)NCC2CC2)CCC1OS(C)(=O)=O. The molecule has 0 aromatic carbocycles. The molecule has 0 spiro atoms. The zero-order chi connectivity index (χ0) is 20.1. The summed E-state index contributed by atoms with van der Waals surface area (Å²) in [4.78, 5) is 26.4. The van der Waals surface area contributed by atoms with Crippen LogP contribution in [-0.2, 0) is 25.5 Å². The van der Waals surface area contributed by atoms with E-state index in [0.29, 0.717) is 35.9 Å². The third-order valence-corrected chi connectivity index (χ3v) is 7.43. The molecule has 1 aromatic rings. The maximum absolute atomic E-state index is 13.0. The van der Waals surface area contributed by atoms with E-state index < -0.39 is 16.2 Å². The molecule has 2 atom stereocenters. The summed E-state index contributed by atoms with van der Waals surface area (Å²) in [5.74, 6) is 0.110. The van der Waals surface area contributed by atoms with Gasteiger partial charge in [0.15, 0.2) is 0 Å². The monoisotopic (exact) mass is 426 g/mol. The maximum Gasteiger partial charge on any atom is 0.264 e. The molecule has 2 saturated carbocycles. The van der Waals surface area contributed by atoms with E-state index in [1.54, 1.807) is 0 Å². The highest BCUT2D eigenvalue weighted by atomic mass is 32.2. The number of carbonyl (C=O) groups excluding carboxylic acids is 2. The van der Waals surface area contributed by atoms with Gasteiger partial charge in [-0.15, -0.1) is 11.3 Å². The predicted octanol–water partition coefficient (Wildman–Crippen LogP) is 2.63. The van der Waals surface area contributed by atoms with Crippen LogP contribution in [0.4, 0.5) is 5.00 Å². The standard InChI is InChI=1S/C19H26N2O5S2/c1-10-13(26-28(2,24)25)7-8-14-15(10)16(18(23)20-9-11-3-4-11)19(27-14)21-17(22)12-5-6-12/h10-13H,3-9H2,1-2H3,(H,20,23)(H,21,22). The molecule has 4 rings (SSSR count). The quantitative estimate of drug-likeness (QED) is 0.653. The molecule has 3 aliphatic rings. The van der Waals surface area contributed by atoms with E-state index in [0.717, 1.165) is 42.4 Å². The van der Waals surface area contributed by atoms with E-state index in [-0.39, 0.29) is 23.7 Å². The third kappa shape index (κ3) is 4.41. The Labute approximate surface area is 169 Å². The van der Waals surface area contributed by atoms with Crippen molar-refractivity contribution >= 4 is 38.3 Å². The number of aryl methyl sites for hydroxylation is 1. The fourth-order valence-electron chi connectivity index (χ4n) is 3.74. The van der Waals surface area contributed by atoms with E-state index in [9.17, 15) is 18.0 Å². The number of amides is 2. The molecule has 2 N–H and O–H groups in total. The first kappa shape index (κ1) is 19.8. The second-order valence-corrected chi connectivity index (χ2v) is 10.9. The van der Waals surface area contributed by atoms with Crippen LogP contribution in [0.25, 0.3) is 0 Å². The maximum atomic E-state index is 13.0. The fraction of sp³-hybridized carbons (Fsp3) is 0.684. The summed E-state index contributed by atoms with van der Waals surface area (Å²) >= 11 is 1.44. The molecule has 154 valence electrons. The fourth-order valence-corrected chi connectivity index (χ4v) is 5.78. The highest BCUT2D eigenvalue weighted by Crippen LogP contribution is 2.45. The summed E-state index contributed by atoms with van der Waals surface area (Å²) in [5, 5.41) is 6.54. The lowest BCUT2D eigenvalue weighted by atomic mass is 9.84. The first-order chi connectivity index (χ1) is 13.2. The average Bonchev–Trinajstić information content (AvgIpc) is 3.50. The molecular weight excluding hydrogens is 400 g/mol. The van der Waals surface area contributed by atoms with Crippen LogP contribution in [0.1, 0.15) is 65.7 Å². The molecule has 0 saturated heterocycles. The molecule has 1 heterocycles. The molecule has 7 nitrogen and oxygen atoms in total. The smallest absolute Gasteiger partial charge is 0.264 e. The molecule has 0 aliphatic heterocycles. The molecule has 1 aromatic heterocycles. The van der Waals surface area contributed by atoms with Gasteiger partial charge in [-0.25, -0.2) is 0 Å². The van der Waals surface area contributed by atoms with E-state index >= 15 is 0 Å². The van der Waals surface area contributed by atoms with Gasteiger partial charge in [-0.2, -0.15) is 8.42 Å². The molecule has 28 heavy (non-hydrogen) atoms. The number of anilines is 1. The van der Waals surface area contributed by atoms with Crippen LogP contribution >= 0.6 is 11.3 Å². The van der Waals surface area contributed by atoms with Crippen LogP contribution in [0.2, 0.25) is 0 Å². The van der Waals surface area contributed by atoms with Gasteiger partial charge in [0.25, 0.3) is 16.0 Å². The van der Waals surface area contributed by atoms with Crippen molar-refractivity contribution < 1.29 is 22.2 Å². The topological polar surface area (TPSA) is 102 Å². The van der Waals surface area contributed by atoms with Crippen molar-refractivity contribution in [2.45, 2.75) is 57.5 Å². The Kier molecular flexibility index (Phi) is 5.26. The minimum absolute atomic E-state index is 0.0357. The lowest BCUT2D eigenvalue weighted by Crippen LogP contribution is -2.32.